The van der Waals surface area contributed by atoms with Crippen molar-refractivity contribution in [2.24, 2.45) is 0 Å². The Kier molecular flexibility index (Phi) is 3.36. The molecule has 0 atom stereocenters. The zero-order chi connectivity index (χ0) is 14.0. The minimum absolute atomic E-state index is 0.00116. The van der Waals surface area contributed by atoms with Crippen LogP contribution in [-0.2, 0) is 6.54 Å². The van der Waals surface area contributed by atoms with Crippen LogP contribution in [0.3, 0.4) is 0 Å². The second kappa shape index (κ2) is 4.82. The number of nitrogen functional groups attached to an aromatic ring is 1. The van der Waals surface area contributed by atoms with Gasteiger partial charge in [-0.2, -0.15) is 13.2 Å². The maximum absolute atomic E-state index is 13.1. The van der Waals surface area contributed by atoms with Gasteiger partial charge >= 0.3 is 6.18 Å². The van der Waals surface area contributed by atoms with Gasteiger partial charge in [-0.3, -0.25) is 0 Å². The zero-order valence-electron chi connectivity index (χ0n) is 9.52. The van der Waals surface area contributed by atoms with Crippen molar-refractivity contribution in [2.45, 2.75) is 19.1 Å². The summed E-state index contributed by atoms with van der Waals surface area (Å²) in [7, 11) is 0. The first-order chi connectivity index (χ1) is 8.87. The highest BCUT2D eigenvalue weighted by atomic mass is 19.4. The number of tetrazole rings is 1. The predicted octanol–water partition coefficient (Wildman–Crippen LogP) is 2.01. The smallest absolute Gasteiger partial charge is 0.390 e. The highest BCUT2D eigenvalue weighted by molar-refractivity contribution is 5.71. The number of alkyl halides is 3. The molecular weight excluding hydrogens is 266 g/mol. The van der Waals surface area contributed by atoms with Gasteiger partial charge in [0.1, 0.15) is 5.82 Å². The van der Waals surface area contributed by atoms with Gasteiger partial charge in [0.25, 0.3) is 0 Å². The van der Waals surface area contributed by atoms with Crippen molar-refractivity contribution in [3.8, 4) is 11.4 Å². The fourth-order valence-electron chi connectivity index (χ4n) is 1.50. The summed E-state index contributed by atoms with van der Waals surface area (Å²) in [6.45, 7) is -0.457. The summed E-state index contributed by atoms with van der Waals surface area (Å²) in [5.41, 5.74) is 5.98. The van der Waals surface area contributed by atoms with Crippen molar-refractivity contribution >= 4 is 5.69 Å². The monoisotopic (exact) mass is 275 g/mol. The molecule has 19 heavy (non-hydrogen) atoms. The average Bonchev–Trinajstić information content (AvgIpc) is 2.77. The lowest BCUT2D eigenvalue weighted by Gasteiger charge is -2.08. The molecule has 1 aromatic heterocycles. The van der Waals surface area contributed by atoms with Crippen LogP contribution in [-0.4, -0.2) is 26.4 Å². The van der Waals surface area contributed by atoms with E-state index in [0.29, 0.717) is 0 Å². The maximum Gasteiger partial charge on any atom is 0.390 e. The molecule has 0 aliphatic rings. The van der Waals surface area contributed by atoms with Gasteiger partial charge < -0.3 is 5.73 Å². The third kappa shape index (κ3) is 3.18. The van der Waals surface area contributed by atoms with Crippen LogP contribution in [0.1, 0.15) is 6.42 Å². The van der Waals surface area contributed by atoms with E-state index in [1.54, 1.807) is 0 Å². The van der Waals surface area contributed by atoms with E-state index in [0.717, 1.165) is 16.8 Å². The molecule has 0 saturated heterocycles. The van der Waals surface area contributed by atoms with Crippen LogP contribution in [0.15, 0.2) is 18.2 Å². The van der Waals surface area contributed by atoms with Crippen molar-refractivity contribution in [2.75, 3.05) is 5.73 Å². The molecule has 9 heteroatoms. The largest absolute Gasteiger partial charge is 0.398 e. The summed E-state index contributed by atoms with van der Waals surface area (Å²) < 4.78 is 50.6. The third-order valence-corrected chi connectivity index (χ3v) is 2.40. The van der Waals surface area contributed by atoms with Crippen LogP contribution in [0.4, 0.5) is 23.2 Å². The van der Waals surface area contributed by atoms with E-state index >= 15 is 0 Å². The summed E-state index contributed by atoms with van der Waals surface area (Å²) in [5.74, 6) is -0.573. The van der Waals surface area contributed by atoms with E-state index in [4.69, 9.17) is 5.73 Å². The molecule has 0 amide bonds. The number of hydrogen-bond acceptors (Lipinski definition) is 4. The van der Waals surface area contributed by atoms with E-state index in [9.17, 15) is 17.6 Å². The molecule has 0 fully saturated rings. The molecule has 0 unspecified atom stereocenters. The van der Waals surface area contributed by atoms with Crippen LogP contribution in [0.25, 0.3) is 11.4 Å². The first kappa shape index (κ1) is 13.2. The first-order valence-electron chi connectivity index (χ1n) is 5.25. The molecule has 1 heterocycles. The lowest BCUT2D eigenvalue weighted by molar-refractivity contribution is -0.137. The molecule has 0 bridgehead atoms. The quantitative estimate of drug-likeness (QED) is 0.687. The normalized spacial score (nSPS) is 11.8. The van der Waals surface area contributed by atoms with Gasteiger partial charge in [-0.15, -0.1) is 5.10 Å². The Morgan fingerprint density at radius 2 is 2.00 bits per heavy atom. The summed E-state index contributed by atoms with van der Waals surface area (Å²) in [5, 5.41) is 10.3. The van der Waals surface area contributed by atoms with Crippen LogP contribution < -0.4 is 5.73 Å². The maximum atomic E-state index is 13.1. The molecule has 1 aromatic carbocycles. The van der Waals surface area contributed by atoms with E-state index in [-0.39, 0.29) is 17.1 Å². The lowest BCUT2D eigenvalue weighted by atomic mass is 10.1. The van der Waals surface area contributed by atoms with Gasteiger partial charge in [0, 0.05) is 11.3 Å². The number of aryl methyl sites for hydroxylation is 1. The molecule has 0 saturated carbocycles. The second-order valence-corrected chi connectivity index (χ2v) is 3.82. The molecule has 0 aliphatic heterocycles. The van der Waals surface area contributed by atoms with E-state index in [1.165, 1.54) is 6.07 Å². The average molecular weight is 275 g/mol. The fraction of sp³-hybridized carbons (Fsp3) is 0.300. The Morgan fingerprint density at radius 1 is 1.26 bits per heavy atom. The Hall–Kier alpha value is -2.19. The number of anilines is 1. The van der Waals surface area contributed by atoms with Gasteiger partial charge in [-0.05, 0) is 28.6 Å². The van der Waals surface area contributed by atoms with Crippen LogP contribution in [0.5, 0.6) is 0 Å². The van der Waals surface area contributed by atoms with Crippen molar-refractivity contribution in [3.63, 3.8) is 0 Å². The summed E-state index contributed by atoms with van der Waals surface area (Å²) in [4.78, 5) is 0. The Bertz CT molecular complexity index is 578. The van der Waals surface area contributed by atoms with E-state index < -0.39 is 25.0 Å². The number of aromatic nitrogens is 4. The standard InChI is InChI=1S/C10H9F4N5/c11-6-1-2-8(15)7(5-6)9-16-17-18-19(9)4-3-10(12,13)14/h1-2,5H,3-4,15H2. The number of benzene rings is 1. The number of nitrogens with zero attached hydrogens (tertiary/aromatic N) is 4. The fourth-order valence-corrected chi connectivity index (χ4v) is 1.50. The van der Waals surface area contributed by atoms with Gasteiger partial charge in [-0.1, -0.05) is 0 Å². The predicted molar refractivity (Wildman–Crippen MR) is 58.3 cm³/mol. The Morgan fingerprint density at radius 3 is 2.68 bits per heavy atom. The first-order valence-corrected chi connectivity index (χ1v) is 5.25. The zero-order valence-corrected chi connectivity index (χ0v) is 9.52. The number of halogens is 4. The Labute approximate surface area is 105 Å². The SMILES string of the molecule is Nc1ccc(F)cc1-c1nnnn1CCC(F)(F)F. The minimum atomic E-state index is -4.32. The van der Waals surface area contributed by atoms with Crippen molar-refractivity contribution in [1.82, 2.24) is 20.2 Å². The summed E-state index contributed by atoms with van der Waals surface area (Å²) >= 11 is 0. The van der Waals surface area contributed by atoms with Crippen molar-refractivity contribution < 1.29 is 17.6 Å². The Balaban J connectivity index is 2.31. The van der Waals surface area contributed by atoms with E-state index in [2.05, 4.69) is 15.5 Å². The van der Waals surface area contributed by atoms with Gasteiger partial charge in [-0.25, -0.2) is 9.07 Å². The molecule has 2 aromatic rings. The highest BCUT2D eigenvalue weighted by Gasteiger charge is 2.27. The topological polar surface area (TPSA) is 69.6 Å². The molecule has 0 radical (unpaired) electrons. The molecule has 0 spiro atoms. The van der Waals surface area contributed by atoms with Gasteiger partial charge in [0.15, 0.2) is 5.82 Å². The lowest BCUT2D eigenvalue weighted by Crippen LogP contribution is -2.14. The van der Waals surface area contributed by atoms with Gasteiger partial charge in [0.2, 0.25) is 0 Å². The van der Waals surface area contributed by atoms with Gasteiger partial charge in [0.05, 0.1) is 13.0 Å². The number of nitrogens with two attached hydrogens (primary N) is 1. The van der Waals surface area contributed by atoms with E-state index in [1.807, 2.05) is 0 Å². The molecule has 5 nitrogen and oxygen atoms in total. The highest BCUT2D eigenvalue weighted by Crippen LogP contribution is 2.26. The molecule has 102 valence electrons. The molecule has 0 aliphatic carbocycles. The molecule has 2 N–H and O–H groups in total. The number of rotatable bonds is 3. The number of hydrogen-bond donors (Lipinski definition) is 1. The summed E-state index contributed by atoms with van der Waals surface area (Å²) in [6, 6.07) is 3.52. The third-order valence-electron chi connectivity index (χ3n) is 2.40. The van der Waals surface area contributed by atoms with Crippen molar-refractivity contribution in [1.29, 1.82) is 0 Å². The van der Waals surface area contributed by atoms with Crippen molar-refractivity contribution in [3.05, 3.63) is 24.0 Å². The minimum Gasteiger partial charge on any atom is -0.398 e. The second-order valence-electron chi connectivity index (χ2n) is 3.82. The van der Waals surface area contributed by atoms with Crippen LogP contribution in [0, 0.1) is 5.82 Å². The molecule has 2 rings (SSSR count). The van der Waals surface area contributed by atoms with Crippen LogP contribution in [0.2, 0.25) is 0 Å². The summed E-state index contributed by atoms with van der Waals surface area (Å²) in [6.07, 6.45) is -5.41. The molecular formula is C10H9F4N5. The van der Waals surface area contributed by atoms with Crippen LogP contribution >= 0.6 is 0 Å².